The molecule has 1 fully saturated rings. The molecule has 1 aliphatic carbocycles. The average Bonchev–Trinajstić information content (AvgIpc) is 2.82. The second-order valence-electron chi connectivity index (χ2n) is 5.95. The predicted octanol–water partition coefficient (Wildman–Crippen LogP) is 2.70. The number of nitrogens with one attached hydrogen (secondary N) is 1. The van der Waals surface area contributed by atoms with E-state index in [9.17, 15) is 0 Å². The van der Waals surface area contributed by atoms with Crippen LogP contribution in [0.1, 0.15) is 48.9 Å². The Bertz CT molecular complexity index is 419. The standard InChI is InChI=1S/C16H24N2/c1-12(2)14-4-3-13-5-6-16(15(13)11-14)18-9-7-17-8-10-18/h3-4,11-12,16-17H,5-10H2,1-2H3. The van der Waals surface area contributed by atoms with Crippen molar-refractivity contribution in [1.82, 2.24) is 10.2 Å². The quantitative estimate of drug-likeness (QED) is 0.860. The zero-order chi connectivity index (χ0) is 12.5. The van der Waals surface area contributed by atoms with E-state index < -0.39 is 0 Å². The summed E-state index contributed by atoms with van der Waals surface area (Å²) in [7, 11) is 0. The Hall–Kier alpha value is -0.860. The number of hydrogen-bond acceptors (Lipinski definition) is 2. The number of rotatable bonds is 2. The third-order valence-corrected chi connectivity index (χ3v) is 4.48. The molecule has 1 atom stereocenters. The van der Waals surface area contributed by atoms with Gasteiger partial charge in [0.1, 0.15) is 0 Å². The van der Waals surface area contributed by atoms with Crippen LogP contribution in [0.25, 0.3) is 0 Å². The van der Waals surface area contributed by atoms with E-state index in [0.29, 0.717) is 12.0 Å². The molecule has 2 aliphatic rings. The maximum absolute atomic E-state index is 3.45. The van der Waals surface area contributed by atoms with Gasteiger partial charge in [0.05, 0.1) is 0 Å². The summed E-state index contributed by atoms with van der Waals surface area (Å²) in [5.74, 6) is 0.638. The maximum atomic E-state index is 3.45. The fourth-order valence-corrected chi connectivity index (χ4v) is 3.33. The number of benzene rings is 1. The van der Waals surface area contributed by atoms with E-state index in [1.807, 2.05) is 0 Å². The fourth-order valence-electron chi connectivity index (χ4n) is 3.33. The molecule has 98 valence electrons. The van der Waals surface area contributed by atoms with Crippen molar-refractivity contribution in [3.05, 3.63) is 34.9 Å². The molecule has 18 heavy (non-hydrogen) atoms. The van der Waals surface area contributed by atoms with Gasteiger partial charge in [-0.1, -0.05) is 32.0 Å². The molecule has 1 saturated heterocycles. The van der Waals surface area contributed by atoms with E-state index in [1.165, 1.54) is 31.5 Å². The van der Waals surface area contributed by atoms with Crippen LogP contribution < -0.4 is 5.32 Å². The summed E-state index contributed by atoms with van der Waals surface area (Å²) in [6.45, 7) is 9.28. The van der Waals surface area contributed by atoms with Crippen molar-refractivity contribution >= 4 is 0 Å². The molecular weight excluding hydrogens is 220 g/mol. The third-order valence-electron chi connectivity index (χ3n) is 4.48. The lowest BCUT2D eigenvalue weighted by Crippen LogP contribution is -2.44. The van der Waals surface area contributed by atoms with Crippen LogP contribution in [0.2, 0.25) is 0 Å². The van der Waals surface area contributed by atoms with Crippen molar-refractivity contribution in [1.29, 1.82) is 0 Å². The summed E-state index contributed by atoms with van der Waals surface area (Å²) in [6, 6.07) is 7.84. The monoisotopic (exact) mass is 244 g/mol. The van der Waals surface area contributed by atoms with Crippen molar-refractivity contribution in [2.45, 2.75) is 38.6 Å². The first-order chi connectivity index (χ1) is 8.75. The minimum Gasteiger partial charge on any atom is -0.314 e. The van der Waals surface area contributed by atoms with Crippen LogP contribution in [-0.2, 0) is 6.42 Å². The van der Waals surface area contributed by atoms with Gasteiger partial charge < -0.3 is 5.32 Å². The highest BCUT2D eigenvalue weighted by atomic mass is 15.2. The Labute approximate surface area is 110 Å². The van der Waals surface area contributed by atoms with Crippen LogP contribution in [0, 0.1) is 0 Å². The molecule has 0 radical (unpaired) electrons. The summed E-state index contributed by atoms with van der Waals surface area (Å²) in [5.41, 5.74) is 4.70. The van der Waals surface area contributed by atoms with Gasteiger partial charge in [0.15, 0.2) is 0 Å². The lowest BCUT2D eigenvalue weighted by Gasteiger charge is -2.33. The van der Waals surface area contributed by atoms with Gasteiger partial charge in [0, 0.05) is 32.2 Å². The number of piperazine rings is 1. The summed E-state index contributed by atoms with van der Waals surface area (Å²) < 4.78 is 0. The molecule has 1 aromatic carbocycles. The molecule has 0 bridgehead atoms. The molecular formula is C16H24N2. The molecule has 3 rings (SSSR count). The predicted molar refractivity (Wildman–Crippen MR) is 76.0 cm³/mol. The first-order valence-corrected chi connectivity index (χ1v) is 7.33. The Balaban J connectivity index is 1.87. The van der Waals surface area contributed by atoms with Gasteiger partial charge in [-0.05, 0) is 35.4 Å². The lowest BCUT2D eigenvalue weighted by atomic mass is 9.97. The van der Waals surface area contributed by atoms with E-state index >= 15 is 0 Å². The third kappa shape index (κ3) is 2.19. The van der Waals surface area contributed by atoms with Gasteiger partial charge in [-0.25, -0.2) is 0 Å². The highest BCUT2D eigenvalue weighted by molar-refractivity contribution is 5.39. The van der Waals surface area contributed by atoms with Crippen molar-refractivity contribution in [3.8, 4) is 0 Å². The van der Waals surface area contributed by atoms with Crippen LogP contribution in [-0.4, -0.2) is 31.1 Å². The Morgan fingerprint density at radius 2 is 2.00 bits per heavy atom. The van der Waals surface area contributed by atoms with Crippen molar-refractivity contribution in [2.75, 3.05) is 26.2 Å². The zero-order valence-electron chi connectivity index (χ0n) is 11.6. The van der Waals surface area contributed by atoms with E-state index in [-0.39, 0.29) is 0 Å². The second kappa shape index (κ2) is 5.02. The first kappa shape index (κ1) is 12.2. The van der Waals surface area contributed by atoms with Crippen molar-refractivity contribution in [3.63, 3.8) is 0 Å². The number of aryl methyl sites for hydroxylation is 1. The molecule has 1 heterocycles. The molecule has 0 saturated carbocycles. The minimum atomic E-state index is 0.638. The highest BCUT2D eigenvalue weighted by Crippen LogP contribution is 2.37. The molecule has 1 unspecified atom stereocenters. The van der Waals surface area contributed by atoms with Crippen LogP contribution in [0.15, 0.2) is 18.2 Å². The molecule has 1 N–H and O–H groups in total. The summed E-state index contributed by atoms with van der Waals surface area (Å²) in [4.78, 5) is 2.67. The maximum Gasteiger partial charge on any atom is 0.0355 e. The Morgan fingerprint density at radius 1 is 1.22 bits per heavy atom. The number of fused-ring (bicyclic) bond motifs is 1. The molecule has 2 nitrogen and oxygen atoms in total. The Kier molecular flexibility index (Phi) is 3.40. The minimum absolute atomic E-state index is 0.638. The first-order valence-electron chi connectivity index (χ1n) is 7.33. The van der Waals surface area contributed by atoms with Gasteiger partial charge >= 0.3 is 0 Å². The molecule has 1 aromatic rings. The molecule has 0 aromatic heterocycles. The molecule has 1 aliphatic heterocycles. The van der Waals surface area contributed by atoms with E-state index in [0.717, 1.165) is 13.1 Å². The van der Waals surface area contributed by atoms with Crippen LogP contribution in [0.5, 0.6) is 0 Å². The van der Waals surface area contributed by atoms with Gasteiger partial charge in [-0.2, -0.15) is 0 Å². The lowest BCUT2D eigenvalue weighted by molar-refractivity contribution is 0.173. The number of hydrogen-bond donors (Lipinski definition) is 1. The molecule has 0 spiro atoms. The smallest absolute Gasteiger partial charge is 0.0355 e. The normalized spacial score (nSPS) is 24.5. The van der Waals surface area contributed by atoms with E-state index in [4.69, 9.17) is 0 Å². The van der Waals surface area contributed by atoms with Crippen molar-refractivity contribution < 1.29 is 0 Å². The highest BCUT2D eigenvalue weighted by Gasteiger charge is 2.28. The van der Waals surface area contributed by atoms with Crippen LogP contribution >= 0.6 is 0 Å². The average molecular weight is 244 g/mol. The fraction of sp³-hybridized carbons (Fsp3) is 0.625. The van der Waals surface area contributed by atoms with E-state index in [1.54, 1.807) is 11.1 Å². The summed E-state index contributed by atoms with van der Waals surface area (Å²) >= 11 is 0. The summed E-state index contributed by atoms with van der Waals surface area (Å²) in [5, 5.41) is 3.45. The van der Waals surface area contributed by atoms with Gasteiger partial charge in [0.25, 0.3) is 0 Å². The largest absolute Gasteiger partial charge is 0.314 e. The Morgan fingerprint density at radius 3 is 2.72 bits per heavy atom. The topological polar surface area (TPSA) is 15.3 Å². The molecule has 2 heteroatoms. The van der Waals surface area contributed by atoms with Gasteiger partial charge in [-0.3, -0.25) is 4.90 Å². The molecule has 0 amide bonds. The van der Waals surface area contributed by atoms with Crippen molar-refractivity contribution in [2.24, 2.45) is 0 Å². The van der Waals surface area contributed by atoms with Gasteiger partial charge in [-0.15, -0.1) is 0 Å². The van der Waals surface area contributed by atoms with Gasteiger partial charge in [0.2, 0.25) is 0 Å². The second-order valence-corrected chi connectivity index (χ2v) is 5.95. The summed E-state index contributed by atoms with van der Waals surface area (Å²) in [6.07, 6.45) is 2.58. The zero-order valence-corrected chi connectivity index (χ0v) is 11.6. The van der Waals surface area contributed by atoms with Crippen LogP contribution in [0.4, 0.5) is 0 Å². The SMILES string of the molecule is CC(C)c1ccc2c(c1)C(N1CCNCC1)CC2. The van der Waals surface area contributed by atoms with E-state index in [2.05, 4.69) is 42.3 Å². The number of nitrogens with zero attached hydrogens (tertiary/aromatic N) is 1. The van der Waals surface area contributed by atoms with Crippen LogP contribution in [0.3, 0.4) is 0 Å².